The van der Waals surface area contributed by atoms with Gasteiger partial charge in [0.1, 0.15) is 0 Å². The van der Waals surface area contributed by atoms with Gasteiger partial charge in [0.05, 0.1) is 0 Å². The lowest BCUT2D eigenvalue weighted by molar-refractivity contribution is 0.0935. The zero-order valence-electron chi connectivity index (χ0n) is 11.2. The van der Waals surface area contributed by atoms with Gasteiger partial charge in [-0.3, -0.25) is 9.59 Å². The summed E-state index contributed by atoms with van der Waals surface area (Å²) in [5.74, 6) is -0.224. The van der Waals surface area contributed by atoms with Crippen molar-refractivity contribution in [2.45, 2.75) is 20.3 Å². The standard InChI is InChI=1S/C13H21N3O2/c1-13(2,5-6-14)9-15-12(18)10-4-7-16(3)11(17)8-10/h4,7-8H,5-6,9,14H2,1-3H3,(H,15,18). The fraction of sp³-hybridized carbons (Fsp3) is 0.538. The molecule has 0 atom stereocenters. The average molecular weight is 251 g/mol. The van der Waals surface area contributed by atoms with Crippen LogP contribution in [0.2, 0.25) is 0 Å². The van der Waals surface area contributed by atoms with Crippen LogP contribution in [-0.4, -0.2) is 23.6 Å². The first-order valence-corrected chi connectivity index (χ1v) is 6.01. The number of rotatable bonds is 5. The molecule has 1 heterocycles. The zero-order valence-corrected chi connectivity index (χ0v) is 11.2. The van der Waals surface area contributed by atoms with Gasteiger partial charge in [0.2, 0.25) is 0 Å². The Morgan fingerprint density at radius 3 is 2.72 bits per heavy atom. The molecule has 0 spiro atoms. The normalized spacial score (nSPS) is 11.3. The molecule has 0 bridgehead atoms. The minimum absolute atomic E-state index is 0.0375. The van der Waals surface area contributed by atoms with Gasteiger partial charge < -0.3 is 15.6 Å². The first-order valence-electron chi connectivity index (χ1n) is 6.01. The Balaban J connectivity index is 2.66. The number of nitrogens with zero attached hydrogens (tertiary/aromatic N) is 1. The Labute approximate surface area is 107 Å². The number of aromatic nitrogens is 1. The largest absolute Gasteiger partial charge is 0.351 e. The lowest BCUT2D eigenvalue weighted by atomic mass is 9.89. The first-order chi connectivity index (χ1) is 8.35. The molecule has 1 aromatic rings. The average Bonchev–Trinajstić information content (AvgIpc) is 2.30. The molecule has 0 aliphatic carbocycles. The highest BCUT2D eigenvalue weighted by Gasteiger charge is 2.18. The number of pyridine rings is 1. The topological polar surface area (TPSA) is 77.1 Å². The fourth-order valence-corrected chi connectivity index (χ4v) is 1.59. The van der Waals surface area contributed by atoms with Gasteiger partial charge in [0, 0.05) is 31.4 Å². The second kappa shape index (κ2) is 5.82. The van der Waals surface area contributed by atoms with Crippen molar-refractivity contribution in [3.8, 4) is 0 Å². The predicted octanol–water partition coefficient (Wildman–Crippen LogP) is 0.490. The van der Waals surface area contributed by atoms with E-state index in [1.54, 1.807) is 19.3 Å². The molecule has 0 saturated carbocycles. The summed E-state index contributed by atoms with van der Waals surface area (Å²) < 4.78 is 1.43. The lowest BCUT2D eigenvalue weighted by Gasteiger charge is -2.24. The second-order valence-corrected chi connectivity index (χ2v) is 5.25. The van der Waals surface area contributed by atoms with Crippen LogP contribution in [0.25, 0.3) is 0 Å². The third-order valence-electron chi connectivity index (χ3n) is 2.92. The summed E-state index contributed by atoms with van der Waals surface area (Å²) in [6, 6.07) is 2.97. The highest BCUT2D eigenvalue weighted by atomic mass is 16.2. The van der Waals surface area contributed by atoms with Gasteiger partial charge in [-0.15, -0.1) is 0 Å². The molecular formula is C13H21N3O2. The number of carbonyl (C=O) groups is 1. The maximum absolute atomic E-state index is 11.9. The molecule has 18 heavy (non-hydrogen) atoms. The molecule has 0 aromatic carbocycles. The van der Waals surface area contributed by atoms with E-state index in [4.69, 9.17) is 5.73 Å². The molecule has 0 aliphatic heterocycles. The van der Waals surface area contributed by atoms with Crippen molar-refractivity contribution in [3.63, 3.8) is 0 Å². The van der Waals surface area contributed by atoms with Crippen LogP contribution in [0.4, 0.5) is 0 Å². The maximum atomic E-state index is 11.9. The Kier molecular flexibility index (Phi) is 4.67. The molecule has 1 aromatic heterocycles. The Morgan fingerprint density at radius 2 is 2.17 bits per heavy atom. The van der Waals surface area contributed by atoms with Gasteiger partial charge in [0.25, 0.3) is 11.5 Å². The van der Waals surface area contributed by atoms with E-state index in [0.717, 1.165) is 6.42 Å². The molecule has 0 radical (unpaired) electrons. The van der Waals surface area contributed by atoms with Crippen LogP contribution in [0.15, 0.2) is 23.1 Å². The number of hydrogen-bond donors (Lipinski definition) is 2. The van der Waals surface area contributed by atoms with Gasteiger partial charge in [-0.2, -0.15) is 0 Å². The number of aryl methyl sites for hydroxylation is 1. The van der Waals surface area contributed by atoms with Crippen molar-refractivity contribution in [1.29, 1.82) is 0 Å². The molecular weight excluding hydrogens is 230 g/mol. The summed E-state index contributed by atoms with van der Waals surface area (Å²) in [4.78, 5) is 23.3. The van der Waals surface area contributed by atoms with Crippen LogP contribution in [-0.2, 0) is 7.05 Å². The third-order valence-corrected chi connectivity index (χ3v) is 2.92. The van der Waals surface area contributed by atoms with E-state index < -0.39 is 0 Å². The van der Waals surface area contributed by atoms with Gasteiger partial charge in [-0.05, 0) is 24.4 Å². The lowest BCUT2D eigenvalue weighted by Crippen LogP contribution is -2.35. The highest BCUT2D eigenvalue weighted by Crippen LogP contribution is 2.17. The van der Waals surface area contributed by atoms with Crippen LogP contribution >= 0.6 is 0 Å². The minimum atomic E-state index is -0.224. The van der Waals surface area contributed by atoms with Crippen molar-refractivity contribution in [3.05, 3.63) is 34.2 Å². The van der Waals surface area contributed by atoms with Crippen LogP contribution in [0.5, 0.6) is 0 Å². The monoisotopic (exact) mass is 251 g/mol. The molecule has 5 nitrogen and oxygen atoms in total. The summed E-state index contributed by atoms with van der Waals surface area (Å²) in [5.41, 5.74) is 5.67. The highest BCUT2D eigenvalue weighted by molar-refractivity contribution is 5.93. The molecule has 0 saturated heterocycles. The van der Waals surface area contributed by atoms with E-state index in [1.165, 1.54) is 10.6 Å². The van der Waals surface area contributed by atoms with E-state index in [2.05, 4.69) is 5.32 Å². The molecule has 3 N–H and O–H groups in total. The third kappa shape index (κ3) is 4.00. The molecule has 1 amide bonds. The number of amides is 1. The summed E-state index contributed by atoms with van der Waals surface area (Å²) in [7, 11) is 1.65. The van der Waals surface area contributed by atoms with Crippen molar-refractivity contribution < 1.29 is 4.79 Å². The van der Waals surface area contributed by atoms with Crippen LogP contribution in [0.3, 0.4) is 0 Å². The smallest absolute Gasteiger partial charge is 0.251 e. The predicted molar refractivity (Wildman–Crippen MR) is 71.5 cm³/mol. The Morgan fingerprint density at radius 1 is 1.50 bits per heavy atom. The number of carbonyl (C=O) groups excluding carboxylic acids is 1. The summed E-state index contributed by atoms with van der Waals surface area (Å²) in [5, 5.41) is 2.83. The summed E-state index contributed by atoms with van der Waals surface area (Å²) in [6.45, 7) is 5.22. The summed E-state index contributed by atoms with van der Waals surface area (Å²) in [6.07, 6.45) is 2.42. The van der Waals surface area contributed by atoms with Crippen molar-refractivity contribution in [2.24, 2.45) is 18.2 Å². The minimum Gasteiger partial charge on any atom is -0.351 e. The van der Waals surface area contributed by atoms with E-state index >= 15 is 0 Å². The Bertz CT molecular complexity index is 477. The van der Waals surface area contributed by atoms with Crippen molar-refractivity contribution in [2.75, 3.05) is 13.1 Å². The van der Waals surface area contributed by atoms with Crippen LogP contribution < -0.4 is 16.6 Å². The van der Waals surface area contributed by atoms with E-state index in [9.17, 15) is 9.59 Å². The van der Waals surface area contributed by atoms with Crippen LogP contribution in [0, 0.1) is 5.41 Å². The molecule has 1 rings (SSSR count). The van der Waals surface area contributed by atoms with E-state index in [0.29, 0.717) is 18.7 Å². The quantitative estimate of drug-likeness (QED) is 0.799. The SMILES string of the molecule is Cn1ccc(C(=O)NCC(C)(C)CCN)cc1=O. The van der Waals surface area contributed by atoms with E-state index in [-0.39, 0.29) is 16.9 Å². The van der Waals surface area contributed by atoms with Gasteiger partial charge in [0.15, 0.2) is 0 Å². The molecule has 0 aliphatic rings. The van der Waals surface area contributed by atoms with Crippen LogP contribution in [0.1, 0.15) is 30.6 Å². The molecule has 0 fully saturated rings. The van der Waals surface area contributed by atoms with Crippen molar-refractivity contribution >= 4 is 5.91 Å². The molecule has 100 valence electrons. The number of hydrogen-bond acceptors (Lipinski definition) is 3. The Hall–Kier alpha value is -1.62. The molecule has 0 unspecified atom stereocenters. The fourth-order valence-electron chi connectivity index (χ4n) is 1.59. The van der Waals surface area contributed by atoms with E-state index in [1.807, 2.05) is 13.8 Å². The second-order valence-electron chi connectivity index (χ2n) is 5.25. The molecule has 5 heteroatoms. The van der Waals surface area contributed by atoms with Gasteiger partial charge in [-0.25, -0.2) is 0 Å². The number of nitrogens with one attached hydrogen (secondary N) is 1. The van der Waals surface area contributed by atoms with Crippen molar-refractivity contribution in [1.82, 2.24) is 9.88 Å². The van der Waals surface area contributed by atoms with Gasteiger partial charge in [-0.1, -0.05) is 13.8 Å². The summed E-state index contributed by atoms with van der Waals surface area (Å²) >= 11 is 0. The first kappa shape index (κ1) is 14.4. The zero-order chi connectivity index (χ0) is 13.8. The van der Waals surface area contributed by atoms with Gasteiger partial charge >= 0.3 is 0 Å². The maximum Gasteiger partial charge on any atom is 0.251 e. The number of nitrogens with two attached hydrogens (primary N) is 1.